The number of rotatable bonds is 4. The Kier molecular flexibility index (Phi) is 5.45. The third-order valence-electron chi connectivity index (χ3n) is 5.26. The Morgan fingerprint density at radius 2 is 1.67 bits per heavy atom. The third-order valence-corrected chi connectivity index (χ3v) is 5.26. The van der Waals surface area contributed by atoms with E-state index in [2.05, 4.69) is 57.4 Å². The molecule has 0 saturated heterocycles. The van der Waals surface area contributed by atoms with Gasteiger partial charge in [-0.2, -0.15) is 0 Å². The minimum atomic E-state index is 0.212. The lowest BCUT2D eigenvalue weighted by Crippen LogP contribution is -2.35. The number of hydrogen-bond donors (Lipinski definition) is 2. The number of hydrazine groups is 1. The lowest BCUT2D eigenvalue weighted by Gasteiger charge is -2.33. The molecule has 1 fully saturated rings. The molecule has 1 aromatic carbocycles. The molecular formula is C19H32N2. The fraction of sp³-hybridized carbons (Fsp3) is 0.684. The molecular weight excluding hydrogens is 256 g/mol. The Labute approximate surface area is 130 Å². The summed E-state index contributed by atoms with van der Waals surface area (Å²) < 4.78 is 0. The predicted octanol–water partition coefficient (Wildman–Crippen LogP) is 4.70. The van der Waals surface area contributed by atoms with Gasteiger partial charge >= 0.3 is 0 Å². The fourth-order valence-corrected chi connectivity index (χ4v) is 3.62. The maximum atomic E-state index is 5.88. The highest BCUT2D eigenvalue weighted by Gasteiger charge is 2.27. The number of hydrogen-bond acceptors (Lipinski definition) is 2. The van der Waals surface area contributed by atoms with Gasteiger partial charge in [0.05, 0.1) is 0 Å². The van der Waals surface area contributed by atoms with E-state index in [-0.39, 0.29) is 5.41 Å². The second-order valence-electron chi connectivity index (χ2n) is 7.71. The Bertz CT molecular complexity index is 422. The van der Waals surface area contributed by atoms with Crippen molar-refractivity contribution in [3.05, 3.63) is 35.4 Å². The summed E-state index contributed by atoms with van der Waals surface area (Å²) >= 11 is 0. The van der Waals surface area contributed by atoms with Crippen LogP contribution < -0.4 is 11.3 Å². The van der Waals surface area contributed by atoms with Crippen LogP contribution in [-0.4, -0.2) is 0 Å². The molecule has 1 unspecified atom stereocenters. The summed E-state index contributed by atoms with van der Waals surface area (Å²) in [5, 5.41) is 0. The molecule has 2 nitrogen and oxygen atoms in total. The van der Waals surface area contributed by atoms with Gasteiger partial charge in [0.15, 0.2) is 0 Å². The molecule has 1 atom stereocenters. The van der Waals surface area contributed by atoms with Crippen LogP contribution in [0, 0.1) is 11.8 Å². The first-order valence-corrected chi connectivity index (χ1v) is 8.52. The lowest BCUT2D eigenvalue weighted by atomic mass is 9.76. The van der Waals surface area contributed by atoms with Crippen LogP contribution in [0.25, 0.3) is 0 Å². The summed E-state index contributed by atoms with van der Waals surface area (Å²) in [4.78, 5) is 0. The zero-order chi connectivity index (χ0) is 15.5. The summed E-state index contributed by atoms with van der Waals surface area (Å²) in [7, 11) is 0. The van der Waals surface area contributed by atoms with Gasteiger partial charge in [-0.3, -0.25) is 11.3 Å². The van der Waals surface area contributed by atoms with Crippen molar-refractivity contribution in [3.8, 4) is 0 Å². The van der Waals surface area contributed by atoms with E-state index in [1.165, 1.54) is 43.2 Å². The van der Waals surface area contributed by atoms with Gasteiger partial charge in [0.1, 0.15) is 0 Å². The molecule has 118 valence electrons. The molecule has 0 amide bonds. The second-order valence-corrected chi connectivity index (χ2v) is 7.71. The van der Waals surface area contributed by atoms with E-state index in [1.54, 1.807) is 0 Å². The molecule has 2 rings (SSSR count). The van der Waals surface area contributed by atoms with Crippen molar-refractivity contribution in [1.82, 2.24) is 5.43 Å². The zero-order valence-corrected chi connectivity index (χ0v) is 14.2. The van der Waals surface area contributed by atoms with Crippen molar-refractivity contribution in [1.29, 1.82) is 0 Å². The summed E-state index contributed by atoms with van der Waals surface area (Å²) in [6.07, 6.45) is 6.65. The summed E-state index contributed by atoms with van der Waals surface area (Å²) in [6, 6.07) is 9.35. The monoisotopic (exact) mass is 288 g/mol. The molecule has 0 aromatic heterocycles. The van der Waals surface area contributed by atoms with Gasteiger partial charge < -0.3 is 0 Å². The van der Waals surface area contributed by atoms with Crippen LogP contribution in [0.3, 0.4) is 0 Å². The van der Waals surface area contributed by atoms with Crippen molar-refractivity contribution in [2.75, 3.05) is 0 Å². The minimum absolute atomic E-state index is 0.212. The summed E-state index contributed by atoms with van der Waals surface area (Å²) in [5.41, 5.74) is 6.01. The van der Waals surface area contributed by atoms with E-state index in [9.17, 15) is 0 Å². The van der Waals surface area contributed by atoms with Gasteiger partial charge in [-0.1, -0.05) is 71.2 Å². The summed E-state index contributed by atoms with van der Waals surface area (Å²) in [5.74, 6) is 7.49. The fourth-order valence-electron chi connectivity index (χ4n) is 3.62. The Morgan fingerprint density at radius 1 is 1.10 bits per heavy atom. The smallest absolute Gasteiger partial charge is 0.0488 e. The molecule has 3 N–H and O–H groups in total. The molecule has 1 saturated carbocycles. The average molecular weight is 288 g/mol. The first kappa shape index (κ1) is 16.5. The average Bonchev–Trinajstić information content (AvgIpc) is 2.48. The van der Waals surface area contributed by atoms with Crippen molar-refractivity contribution in [3.63, 3.8) is 0 Å². The van der Waals surface area contributed by atoms with Crippen molar-refractivity contribution in [2.24, 2.45) is 17.7 Å². The molecule has 1 aromatic rings. The lowest BCUT2D eigenvalue weighted by molar-refractivity contribution is 0.219. The Balaban J connectivity index is 2.07. The van der Waals surface area contributed by atoms with Gasteiger partial charge in [0.25, 0.3) is 0 Å². The molecule has 0 radical (unpaired) electrons. The molecule has 21 heavy (non-hydrogen) atoms. The quantitative estimate of drug-likeness (QED) is 0.622. The van der Waals surface area contributed by atoms with E-state index in [4.69, 9.17) is 5.84 Å². The van der Waals surface area contributed by atoms with E-state index in [0.717, 1.165) is 5.92 Å². The largest absolute Gasteiger partial charge is 0.271 e. The van der Waals surface area contributed by atoms with Gasteiger partial charge in [0.2, 0.25) is 0 Å². The van der Waals surface area contributed by atoms with Gasteiger partial charge in [-0.05, 0) is 41.2 Å². The summed E-state index contributed by atoms with van der Waals surface area (Å²) in [6.45, 7) is 9.08. The SMILES string of the molecule is CCC1CCC(C(NN)c2ccc(C(C)(C)C)cc2)CC1. The molecule has 2 heteroatoms. The van der Waals surface area contributed by atoms with E-state index in [0.29, 0.717) is 12.0 Å². The normalized spacial score (nSPS) is 24.8. The van der Waals surface area contributed by atoms with Crippen LogP contribution in [0.1, 0.15) is 77.0 Å². The van der Waals surface area contributed by atoms with Crippen LogP contribution in [0.5, 0.6) is 0 Å². The molecule has 0 bridgehead atoms. The van der Waals surface area contributed by atoms with Gasteiger partial charge in [-0.15, -0.1) is 0 Å². The highest BCUT2D eigenvalue weighted by molar-refractivity contribution is 5.29. The van der Waals surface area contributed by atoms with Crippen LogP contribution >= 0.6 is 0 Å². The molecule has 0 heterocycles. The predicted molar refractivity (Wildman–Crippen MR) is 90.9 cm³/mol. The van der Waals surface area contributed by atoms with Crippen LogP contribution in [0.15, 0.2) is 24.3 Å². The van der Waals surface area contributed by atoms with E-state index < -0.39 is 0 Å². The van der Waals surface area contributed by atoms with Crippen LogP contribution in [0.2, 0.25) is 0 Å². The number of nitrogens with two attached hydrogens (primary N) is 1. The molecule has 0 aliphatic heterocycles. The third kappa shape index (κ3) is 4.08. The topological polar surface area (TPSA) is 38.0 Å². The second kappa shape index (κ2) is 6.93. The highest BCUT2D eigenvalue weighted by atomic mass is 15.2. The molecule has 0 spiro atoms. The van der Waals surface area contributed by atoms with E-state index in [1.807, 2.05) is 0 Å². The van der Waals surface area contributed by atoms with Crippen molar-refractivity contribution >= 4 is 0 Å². The Morgan fingerprint density at radius 3 is 2.10 bits per heavy atom. The maximum absolute atomic E-state index is 5.88. The van der Waals surface area contributed by atoms with Crippen LogP contribution in [0.4, 0.5) is 0 Å². The van der Waals surface area contributed by atoms with Crippen molar-refractivity contribution in [2.45, 2.75) is 71.3 Å². The van der Waals surface area contributed by atoms with E-state index >= 15 is 0 Å². The maximum Gasteiger partial charge on any atom is 0.0488 e. The first-order valence-electron chi connectivity index (χ1n) is 8.52. The minimum Gasteiger partial charge on any atom is -0.271 e. The number of benzene rings is 1. The van der Waals surface area contributed by atoms with Gasteiger partial charge in [0, 0.05) is 6.04 Å². The highest BCUT2D eigenvalue weighted by Crippen LogP contribution is 2.38. The number of nitrogens with one attached hydrogen (secondary N) is 1. The molecule has 1 aliphatic rings. The van der Waals surface area contributed by atoms with Crippen molar-refractivity contribution < 1.29 is 0 Å². The standard InChI is InChI=1S/C19H32N2/c1-5-14-6-8-15(9-7-14)18(21-20)16-10-12-17(13-11-16)19(2,3)4/h10-15,18,21H,5-9,20H2,1-4H3. The first-order chi connectivity index (χ1) is 9.95. The van der Waals surface area contributed by atoms with Crippen LogP contribution in [-0.2, 0) is 5.41 Å². The molecule has 1 aliphatic carbocycles. The zero-order valence-electron chi connectivity index (χ0n) is 14.2. The Hall–Kier alpha value is -0.860. The van der Waals surface area contributed by atoms with Gasteiger partial charge in [-0.25, -0.2) is 0 Å².